The number of nitrogens with one attached hydrogen (secondary N) is 2. The van der Waals surface area contributed by atoms with Crippen LogP contribution in [-0.4, -0.2) is 11.6 Å². The number of fused-ring (bicyclic) bond motifs is 2. The first-order chi connectivity index (χ1) is 13.1. The van der Waals surface area contributed by atoms with Crippen LogP contribution in [0.5, 0.6) is 5.75 Å². The number of pyridine rings is 1. The summed E-state index contributed by atoms with van der Waals surface area (Å²) in [5, 5.41) is 30.7. The van der Waals surface area contributed by atoms with Crippen molar-refractivity contribution in [3.63, 3.8) is 0 Å². The van der Waals surface area contributed by atoms with E-state index >= 15 is 0 Å². The van der Waals surface area contributed by atoms with Crippen molar-refractivity contribution in [1.82, 2.24) is 4.98 Å². The van der Waals surface area contributed by atoms with E-state index in [4.69, 9.17) is 20.5 Å². The number of nitriles is 3. The Bertz CT molecular complexity index is 1250. The number of H-pyrrole nitrogens is 1. The maximum Gasteiger partial charge on any atom is 0.197 e. The number of anilines is 1. The fraction of sp³-hybridized carbons (Fsp3) is 0.100. The Morgan fingerprint density at radius 2 is 1.81 bits per heavy atom. The van der Waals surface area contributed by atoms with Gasteiger partial charge in [0.25, 0.3) is 0 Å². The molecule has 1 aromatic heterocycles. The van der Waals surface area contributed by atoms with Crippen molar-refractivity contribution >= 4 is 27.5 Å². The standard InChI is InChI=1S/C20H13N5O2/c1-2-27-14-4-6-17-16(8-14)20(26)15-5-3-13(7-18(15)25-17)24-19(11-23)12(9-21)10-22/h3-8,24H,2H2,1H3,(H,25,26). The first kappa shape index (κ1) is 17.5. The van der Waals surface area contributed by atoms with Crippen molar-refractivity contribution < 1.29 is 4.74 Å². The quantitative estimate of drug-likeness (QED) is 0.546. The van der Waals surface area contributed by atoms with Gasteiger partial charge < -0.3 is 15.0 Å². The topological polar surface area (TPSA) is 125 Å². The molecule has 0 radical (unpaired) electrons. The van der Waals surface area contributed by atoms with Gasteiger partial charge in [0, 0.05) is 16.5 Å². The van der Waals surface area contributed by atoms with Crippen LogP contribution >= 0.6 is 0 Å². The molecule has 3 aromatic rings. The van der Waals surface area contributed by atoms with Crippen molar-refractivity contribution in [1.29, 1.82) is 15.8 Å². The van der Waals surface area contributed by atoms with Gasteiger partial charge in [-0.15, -0.1) is 0 Å². The summed E-state index contributed by atoms with van der Waals surface area (Å²) >= 11 is 0. The number of hydrogen-bond acceptors (Lipinski definition) is 6. The van der Waals surface area contributed by atoms with Crippen LogP contribution in [0.1, 0.15) is 6.92 Å². The summed E-state index contributed by atoms with van der Waals surface area (Å²) in [5.74, 6) is 0.623. The number of nitrogens with zero attached hydrogens (tertiary/aromatic N) is 3. The van der Waals surface area contributed by atoms with Gasteiger partial charge in [0.1, 0.15) is 29.7 Å². The lowest BCUT2D eigenvalue weighted by Crippen LogP contribution is -2.06. The second-order valence-corrected chi connectivity index (χ2v) is 5.57. The Morgan fingerprint density at radius 3 is 2.48 bits per heavy atom. The van der Waals surface area contributed by atoms with E-state index in [1.54, 1.807) is 54.6 Å². The van der Waals surface area contributed by atoms with Crippen molar-refractivity contribution in [3.8, 4) is 24.0 Å². The molecule has 0 fully saturated rings. The zero-order chi connectivity index (χ0) is 19.4. The fourth-order valence-electron chi connectivity index (χ4n) is 2.72. The minimum Gasteiger partial charge on any atom is -0.494 e. The van der Waals surface area contributed by atoms with Gasteiger partial charge in [-0.25, -0.2) is 0 Å². The van der Waals surface area contributed by atoms with Crippen LogP contribution in [-0.2, 0) is 0 Å². The lowest BCUT2D eigenvalue weighted by atomic mass is 10.1. The van der Waals surface area contributed by atoms with Crippen molar-refractivity contribution in [2.24, 2.45) is 0 Å². The number of aromatic amines is 1. The van der Waals surface area contributed by atoms with Crippen LogP contribution in [0.3, 0.4) is 0 Å². The predicted molar refractivity (Wildman–Crippen MR) is 101 cm³/mol. The summed E-state index contributed by atoms with van der Waals surface area (Å²) in [5.41, 5.74) is 1.09. The van der Waals surface area contributed by atoms with E-state index < -0.39 is 0 Å². The number of hydrogen-bond donors (Lipinski definition) is 2. The molecule has 0 saturated carbocycles. The predicted octanol–water partition coefficient (Wildman–Crippen LogP) is 3.32. The van der Waals surface area contributed by atoms with E-state index in [0.29, 0.717) is 39.8 Å². The Labute approximate surface area is 154 Å². The summed E-state index contributed by atoms with van der Waals surface area (Å²) in [6.45, 7) is 2.38. The molecular formula is C20H13N5O2. The molecule has 0 aliphatic carbocycles. The molecule has 0 aliphatic rings. The molecule has 0 aliphatic heterocycles. The number of aromatic nitrogens is 1. The van der Waals surface area contributed by atoms with Gasteiger partial charge in [0.05, 0.1) is 17.6 Å². The fourth-order valence-corrected chi connectivity index (χ4v) is 2.72. The molecule has 3 rings (SSSR count). The van der Waals surface area contributed by atoms with Gasteiger partial charge in [-0.2, -0.15) is 15.8 Å². The molecule has 0 unspecified atom stereocenters. The minimum absolute atomic E-state index is 0.141. The van der Waals surface area contributed by atoms with Crippen LogP contribution in [0.25, 0.3) is 21.8 Å². The molecule has 2 N–H and O–H groups in total. The van der Waals surface area contributed by atoms with Crippen LogP contribution < -0.4 is 15.5 Å². The number of benzene rings is 2. The molecule has 2 aromatic carbocycles. The Morgan fingerprint density at radius 1 is 1.04 bits per heavy atom. The largest absolute Gasteiger partial charge is 0.494 e. The van der Waals surface area contributed by atoms with Gasteiger partial charge in [0.15, 0.2) is 11.0 Å². The molecule has 130 valence electrons. The summed E-state index contributed by atoms with van der Waals surface area (Å²) in [7, 11) is 0. The second kappa shape index (κ2) is 7.31. The van der Waals surface area contributed by atoms with E-state index in [9.17, 15) is 4.79 Å². The van der Waals surface area contributed by atoms with E-state index in [1.807, 2.05) is 6.92 Å². The number of rotatable bonds is 4. The lowest BCUT2D eigenvalue weighted by Gasteiger charge is -2.09. The molecule has 0 bridgehead atoms. The summed E-state index contributed by atoms with van der Waals surface area (Å²) in [6.07, 6.45) is 0. The van der Waals surface area contributed by atoms with Crippen LogP contribution in [0, 0.1) is 34.0 Å². The Hall–Kier alpha value is -4.28. The highest BCUT2D eigenvalue weighted by atomic mass is 16.5. The molecule has 0 spiro atoms. The third-order valence-electron chi connectivity index (χ3n) is 3.93. The van der Waals surface area contributed by atoms with Gasteiger partial charge >= 0.3 is 0 Å². The van der Waals surface area contributed by atoms with Crippen LogP contribution in [0.4, 0.5) is 5.69 Å². The normalized spacial score (nSPS) is 9.85. The first-order valence-electron chi connectivity index (χ1n) is 8.05. The molecule has 7 nitrogen and oxygen atoms in total. The first-order valence-corrected chi connectivity index (χ1v) is 8.05. The second-order valence-electron chi connectivity index (χ2n) is 5.57. The molecule has 27 heavy (non-hydrogen) atoms. The summed E-state index contributed by atoms with van der Waals surface area (Å²) < 4.78 is 5.45. The molecule has 7 heteroatoms. The zero-order valence-corrected chi connectivity index (χ0v) is 14.3. The Balaban J connectivity index is 2.13. The third kappa shape index (κ3) is 3.28. The van der Waals surface area contributed by atoms with E-state index in [2.05, 4.69) is 10.3 Å². The van der Waals surface area contributed by atoms with Gasteiger partial charge in [-0.05, 0) is 43.3 Å². The average Bonchev–Trinajstić information content (AvgIpc) is 2.68. The average molecular weight is 355 g/mol. The lowest BCUT2D eigenvalue weighted by molar-refractivity contribution is 0.340. The molecule has 0 atom stereocenters. The highest BCUT2D eigenvalue weighted by Crippen LogP contribution is 2.23. The van der Waals surface area contributed by atoms with Crippen LogP contribution in [0.2, 0.25) is 0 Å². The third-order valence-corrected chi connectivity index (χ3v) is 3.93. The molecule has 0 saturated heterocycles. The zero-order valence-electron chi connectivity index (χ0n) is 14.3. The minimum atomic E-state index is -0.312. The Kier molecular flexibility index (Phi) is 4.75. The molecule has 0 amide bonds. The van der Waals surface area contributed by atoms with Gasteiger partial charge in [0.2, 0.25) is 0 Å². The van der Waals surface area contributed by atoms with E-state index in [1.165, 1.54) is 0 Å². The van der Waals surface area contributed by atoms with Crippen molar-refractivity contribution in [3.05, 3.63) is 57.9 Å². The monoisotopic (exact) mass is 355 g/mol. The molecule has 1 heterocycles. The number of ether oxygens (including phenoxy) is 1. The summed E-state index contributed by atoms with van der Waals surface area (Å²) in [6, 6.07) is 15.3. The van der Waals surface area contributed by atoms with Gasteiger partial charge in [-0.1, -0.05) is 0 Å². The summed E-state index contributed by atoms with van der Waals surface area (Å²) in [4.78, 5) is 16.0. The van der Waals surface area contributed by atoms with E-state index in [0.717, 1.165) is 0 Å². The van der Waals surface area contributed by atoms with Gasteiger partial charge in [-0.3, -0.25) is 4.79 Å². The van der Waals surface area contributed by atoms with E-state index in [-0.39, 0.29) is 16.7 Å². The maximum absolute atomic E-state index is 12.8. The van der Waals surface area contributed by atoms with Crippen molar-refractivity contribution in [2.45, 2.75) is 6.92 Å². The highest BCUT2D eigenvalue weighted by molar-refractivity contribution is 5.94. The van der Waals surface area contributed by atoms with Crippen LogP contribution in [0.15, 0.2) is 52.5 Å². The molecular weight excluding hydrogens is 342 g/mol. The SMILES string of the molecule is CCOc1ccc2[nH]c3cc(NC(C#N)=C(C#N)C#N)ccc3c(=O)c2c1. The maximum atomic E-state index is 12.8. The van der Waals surface area contributed by atoms with Crippen molar-refractivity contribution in [2.75, 3.05) is 11.9 Å². The highest BCUT2D eigenvalue weighted by Gasteiger charge is 2.10. The smallest absolute Gasteiger partial charge is 0.197 e. The number of allylic oxidation sites excluding steroid dienone is 2.